The van der Waals surface area contributed by atoms with Crippen molar-refractivity contribution in [2.24, 2.45) is 0 Å². The summed E-state index contributed by atoms with van der Waals surface area (Å²) in [6, 6.07) is 3.52. The minimum absolute atomic E-state index is 0.393. The number of furan rings is 1. The van der Waals surface area contributed by atoms with Crippen LogP contribution in [0.25, 0.3) is 0 Å². The van der Waals surface area contributed by atoms with E-state index in [-0.39, 0.29) is 0 Å². The van der Waals surface area contributed by atoms with E-state index in [0.717, 1.165) is 11.3 Å². The fraction of sp³-hybridized carbons (Fsp3) is 0.231. The molecule has 0 aromatic carbocycles. The topological polar surface area (TPSA) is 64.4 Å². The monoisotopic (exact) mass is 280 g/mol. The number of carbonyl (C=O) groups excluding carboxylic acids is 1. The van der Waals surface area contributed by atoms with Gasteiger partial charge in [0.15, 0.2) is 0 Å². The van der Waals surface area contributed by atoms with Crippen molar-refractivity contribution in [1.82, 2.24) is 4.98 Å². The van der Waals surface area contributed by atoms with Gasteiger partial charge in [0.25, 0.3) is 0 Å². The highest BCUT2D eigenvalue weighted by molar-refractivity contribution is 6.30. The van der Waals surface area contributed by atoms with Crippen molar-refractivity contribution in [2.75, 3.05) is 12.4 Å². The minimum Gasteiger partial charge on any atom is -0.467 e. The Hall–Kier alpha value is -2.01. The van der Waals surface area contributed by atoms with Crippen LogP contribution >= 0.6 is 11.6 Å². The highest BCUT2D eigenvalue weighted by atomic mass is 35.5. The third-order valence-electron chi connectivity index (χ3n) is 2.56. The summed E-state index contributed by atoms with van der Waals surface area (Å²) >= 11 is 5.84. The highest BCUT2D eigenvalue weighted by Gasteiger charge is 2.10. The van der Waals surface area contributed by atoms with Gasteiger partial charge in [-0.1, -0.05) is 11.6 Å². The van der Waals surface area contributed by atoms with Crippen molar-refractivity contribution in [1.29, 1.82) is 0 Å². The van der Waals surface area contributed by atoms with Crippen molar-refractivity contribution in [3.8, 4) is 0 Å². The van der Waals surface area contributed by atoms with Crippen molar-refractivity contribution >= 4 is 23.3 Å². The lowest BCUT2D eigenvalue weighted by molar-refractivity contribution is 0.0600. The van der Waals surface area contributed by atoms with Crippen LogP contribution in [0.4, 0.5) is 5.69 Å². The number of hydrogen-bond acceptors (Lipinski definition) is 5. The Labute approximate surface area is 115 Å². The van der Waals surface area contributed by atoms with Gasteiger partial charge in [0.05, 0.1) is 31.1 Å². The van der Waals surface area contributed by atoms with E-state index in [1.807, 2.05) is 13.0 Å². The minimum atomic E-state index is -0.418. The van der Waals surface area contributed by atoms with E-state index >= 15 is 0 Å². The first kappa shape index (κ1) is 13.4. The van der Waals surface area contributed by atoms with E-state index in [1.54, 1.807) is 12.3 Å². The maximum atomic E-state index is 11.3. The molecule has 2 aromatic heterocycles. The molecule has 0 atom stereocenters. The quantitative estimate of drug-likeness (QED) is 0.689. The zero-order valence-corrected chi connectivity index (χ0v) is 11.3. The second-order valence-corrected chi connectivity index (χ2v) is 4.34. The first-order chi connectivity index (χ1) is 9.10. The maximum absolute atomic E-state index is 11.3. The Morgan fingerprint density at radius 1 is 1.53 bits per heavy atom. The summed E-state index contributed by atoms with van der Waals surface area (Å²) in [7, 11) is 1.33. The summed E-state index contributed by atoms with van der Waals surface area (Å²) in [5.41, 5.74) is 2.11. The van der Waals surface area contributed by atoms with Crippen molar-refractivity contribution < 1.29 is 13.9 Å². The molecule has 0 aliphatic rings. The fourth-order valence-electron chi connectivity index (χ4n) is 1.54. The summed E-state index contributed by atoms with van der Waals surface area (Å²) in [5.74, 6) is 0.215. The molecular weight excluding hydrogens is 268 g/mol. The lowest BCUT2D eigenvalue weighted by Gasteiger charge is -2.05. The Morgan fingerprint density at radius 3 is 3.00 bits per heavy atom. The number of methoxy groups -OCH3 is 1. The maximum Gasteiger partial charge on any atom is 0.341 e. The fourth-order valence-corrected chi connectivity index (χ4v) is 1.65. The number of aryl methyl sites for hydroxylation is 1. The average molecular weight is 281 g/mol. The molecule has 2 rings (SSSR count). The number of anilines is 1. The predicted molar refractivity (Wildman–Crippen MR) is 71.4 cm³/mol. The smallest absolute Gasteiger partial charge is 0.341 e. The van der Waals surface area contributed by atoms with E-state index in [1.165, 1.54) is 13.4 Å². The van der Waals surface area contributed by atoms with E-state index in [9.17, 15) is 4.79 Å². The molecule has 0 fully saturated rings. The van der Waals surface area contributed by atoms with Gasteiger partial charge in [0.1, 0.15) is 17.2 Å². The first-order valence-corrected chi connectivity index (χ1v) is 5.99. The molecule has 0 bridgehead atoms. The van der Waals surface area contributed by atoms with Crippen molar-refractivity contribution in [2.45, 2.75) is 13.5 Å². The molecular formula is C13H13ClN2O3. The van der Waals surface area contributed by atoms with Crippen LogP contribution in [0.3, 0.4) is 0 Å². The number of hydrogen-bond donors (Lipinski definition) is 1. The van der Waals surface area contributed by atoms with Crippen LogP contribution in [0.5, 0.6) is 0 Å². The molecule has 6 heteroatoms. The van der Waals surface area contributed by atoms with Gasteiger partial charge in [-0.2, -0.15) is 0 Å². The van der Waals surface area contributed by atoms with Crippen LogP contribution in [0, 0.1) is 6.92 Å². The molecule has 5 nitrogen and oxygen atoms in total. The van der Waals surface area contributed by atoms with Gasteiger partial charge in [0.2, 0.25) is 0 Å². The number of aromatic nitrogens is 1. The van der Waals surface area contributed by atoms with Gasteiger partial charge in [0, 0.05) is 0 Å². The third-order valence-corrected chi connectivity index (χ3v) is 2.95. The SMILES string of the molecule is COC(=O)c1coc(CNc2cnc(Cl)c(C)c2)c1. The number of halogens is 1. The number of esters is 1. The summed E-state index contributed by atoms with van der Waals surface area (Å²) in [6.07, 6.45) is 3.01. The molecule has 0 spiro atoms. The average Bonchev–Trinajstić information content (AvgIpc) is 2.88. The highest BCUT2D eigenvalue weighted by Crippen LogP contribution is 2.17. The molecule has 1 N–H and O–H groups in total. The van der Waals surface area contributed by atoms with Gasteiger partial charge in [-0.15, -0.1) is 0 Å². The summed E-state index contributed by atoms with van der Waals surface area (Å²) in [6.45, 7) is 2.32. The summed E-state index contributed by atoms with van der Waals surface area (Å²) < 4.78 is 9.85. The Kier molecular flexibility index (Phi) is 4.06. The molecule has 0 aliphatic heterocycles. The molecule has 100 valence electrons. The van der Waals surface area contributed by atoms with E-state index < -0.39 is 5.97 Å². The second-order valence-electron chi connectivity index (χ2n) is 3.98. The Balaban J connectivity index is 2.00. The molecule has 0 radical (unpaired) electrons. The van der Waals surface area contributed by atoms with Crippen LogP contribution in [0.1, 0.15) is 21.7 Å². The molecule has 0 unspecified atom stereocenters. The van der Waals surface area contributed by atoms with Gasteiger partial charge >= 0.3 is 5.97 Å². The summed E-state index contributed by atoms with van der Waals surface area (Å²) in [4.78, 5) is 15.3. The van der Waals surface area contributed by atoms with Crippen LogP contribution in [0.15, 0.2) is 29.0 Å². The van der Waals surface area contributed by atoms with Crippen LogP contribution in [-0.4, -0.2) is 18.1 Å². The van der Waals surface area contributed by atoms with Gasteiger partial charge in [-0.25, -0.2) is 9.78 Å². The predicted octanol–water partition coefficient (Wildman–Crippen LogP) is 3.04. The summed E-state index contributed by atoms with van der Waals surface area (Å²) in [5, 5.41) is 3.62. The molecule has 2 aromatic rings. The second kappa shape index (κ2) is 5.75. The van der Waals surface area contributed by atoms with Crippen LogP contribution < -0.4 is 5.32 Å². The number of nitrogens with zero attached hydrogens (tertiary/aromatic N) is 1. The zero-order chi connectivity index (χ0) is 13.8. The van der Waals surface area contributed by atoms with Crippen LogP contribution in [0.2, 0.25) is 5.15 Å². The van der Waals surface area contributed by atoms with Gasteiger partial charge in [-0.3, -0.25) is 0 Å². The van der Waals surface area contributed by atoms with Crippen LogP contribution in [-0.2, 0) is 11.3 Å². The largest absolute Gasteiger partial charge is 0.467 e. The molecule has 0 amide bonds. The number of nitrogens with one attached hydrogen (secondary N) is 1. The number of pyridine rings is 1. The first-order valence-electron chi connectivity index (χ1n) is 5.62. The van der Waals surface area contributed by atoms with Gasteiger partial charge in [-0.05, 0) is 24.6 Å². The van der Waals surface area contributed by atoms with Crippen molar-refractivity contribution in [3.05, 3.63) is 46.6 Å². The van der Waals surface area contributed by atoms with E-state index in [4.69, 9.17) is 16.0 Å². The normalized spacial score (nSPS) is 10.3. The zero-order valence-electron chi connectivity index (χ0n) is 10.6. The van der Waals surface area contributed by atoms with E-state index in [2.05, 4.69) is 15.0 Å². The molecule has 19 heavy (non-hydrogen) atoms. The van der Waals surface area contributed by atoms with E-state index in [0.29, 0.717) is 23.0 Å². The third kappa shape index (κ3) is 3.26. The standard InChI is InChI=1S/C13H13ClN2O3/c1-8-3-10(5-16-12(8)14)15-6-11-4-9(7-19-11)13(17)18-2/h3-5,7,15H,6H2,1-2H3. The lowest BCUT2D eigenvalue weighted by Crippen LogP contribution is -2.00. The molecule has 2 heterocycles. The Bertz CT molecular complexity index is 595. The number of rotatable bonds is 4. The Morgan fingerprint density at radius 2 is 2.32 bits per heavy atom. The molecule has 0 saturated carbocycles. The lowest BCUT2D eigenvalue weighted by atomic mass is 10.3. The van der Waals surface area contributed by atoms with Crippen molar-refractivity contribution in [3.63, 3.8) is 0 Å². The number of carbonyl (C=O) groups is 1. The number of ether oxygens (including phenoxy) is 1. The van der Waals surface area contributed by atoms with Gasteiger partial charge < -0.3 is 14.5 Å². The molecule has 0 aliphatic carbocycles. The molecule has 0 saturated heterocycles.